The molecule has 2 bridgehead atoms. The second-order valence-electron chi connectivity index (χ2n) is 19.2. The number of nitrogens with zero attached hydrogens (tertiary/aromatic N) is 2. The number of hydrogen-bond donors (Lipinski definition) is 5. The smallest absolute Gasteiger partial charge is 0.159 e. The van der Waals surface area contributed by atoms with E-state index in [0.29, 0.717) is 19.3 Å². The van der Waals surface area contributed by atoms with Crippen molar-refractivity contribution in [1.29, 1.82) is 0 Å². The lowest BCUT2D eigenvalue weighted by Crippen LogP contribution is -2.63. The van der Waals surface area contributed by atoms with Crippen LogP contribution in [0.3, 0.4) is 0 Å². The molecule has 7 rings (SSSR count). The standard InChI is InChI=1S/C43H66N2O6S2/c1-26-30-18-34(43(51)32-20-36(48)33-21-37(49)38(50)23-41(33,4)29(32)13-14-42(30,43)5)39(12-9-17-46)53-52-24-28(45-16-15-44-25-45)22-40(2,3)31(19-35(26)47)27-10-7-6-8-11-27/h15-16,20,25-26,28-30,33-35,37-39,46-47,49-51H,6-14,17-19,21-24H2,1-5H3/t26-,28+,29-,30+,33-,34+,35+,37+,38-,39-,41+,42+,43-/m0/s1. The van der Waals surface area contributed by atoms with Crippen LogP contribution < -0.4 is 0 Å². The number of fused-ring (bicyclic) bond motifs is 9. The first-order chi connectivity index (χ1) is 25.2. The van der Waals surface area contributed by atoms with Gasteiger partial charge in [0.05, 0.1) is 30.2 Å². The number of rotatable bonds is 4. The van der Waals surface area contributed by atoms with Crippen LogP contribution in [0.25, 0.3) is 0 Å². The van der Waals surface area contributed by atoms with E-state index in [1.54, 1.807) is 6.08 Å². The minimum Gasteiger partial charge on any atom is -0.396 e. The first kappa shape index (κ1) is 40.1. The van der Waals surface area contributed by atoms with Gasteiger partial charge < -0.3 is 30.1 Å². The molecule has 5 fully saturated rings. The molecule has 0 spiro atoms. The van der Waals surface area contributed by atoms with Gasteiger partial charge in [0.2, 0.25) is 0 Å². The number of allylic oxidation sites excluding steroid dienone is 2. The fourth-order valence-corrected chi connectivity index (χ4v) is 16.2. The van der Waals surface area contributed by atoms with Gasteiger partial charge in [-0.2, -0.15) is 0 Å². The zero-order valence-corrected chi connectivity index (χ0v) is 34.4. The van der Waals surface area contributed by atoms with E-state index in [-0.39, 0.29) is 65.1 Å². The lowest BCUT2D eigenvalue weighted by molar-refractivity contribution is -0.159. The molecule has 10 heteroatoms. The Morgan fingerprint density at radius 1 is 0.962 bits per heavy atom. The molecule has 296 valence electrons. The molecule has 1 aromatic rings. The van der Waals surface area contributed by atoms with Crippen molar-refractivity contribution < 1.29 is 30.3 Å². The predicted octanol–water partition coefficient (Wildman–Crippen LogP) is 7.46. The van der Waals surface area contributed by atoms with Crippen LogP contribution in [0.2, 0.25) is 0 Å². The zero-order chi connectivity index (χ0) is 37.9. The number of aromatic nitrogens is 2. The topological polar surface area (TPSA) is 136 Å². The van der Waals surface area contributed by atoms with Gasteiger partial charge in [0.25, 0.3) is 0 Å². The van der Waals surface area contributed by atoms with E-state index >= 15 is 0 Å². The van der Waals surface area contributed by atoms with E-state index < -0.39 is 34.7 Å². The van der Waals surface area contributed by atoms with E-state index in [2.05, 4.69) is 50.4 Å². The van der Waals surface area contributed by atoms with Crippen LogP contribution in [-0.2, 0) is 4.79 Å². The number of aliphatic hydroxyl groups is 5. The van der Waals surface area contributed by atoms with Crippen LogP contribution in [-0.4, -0.2) is 82.4 Å². The first-order valence-corrected chi connectivity index (χ1v) is 23.1. The molecule has 0 amide bonds. The van der Waals surface area contributed by atoms with Crippen LogP contribution in [0.4, 0.5) is 0 Å². The summed E-state index contributed by atoms with van der Waals surface area (Å²) in [7, 11) is 3.72. The van der Waals surface area contributed by atoms with E-state index in [1.165, 1.54) is 30.4 Å². The van der Waals surface area contributed by atoms with Crippen molar-refractivity contribution in [3.05, 3.63) is 41.5 Å². The third kappa shape index (κ3) is 6.88. The summed E-state index contributed by atoms with van der Waals surface area (Å²) in [6.07, 6.45) is 17.0. The minimum absolute atomic E-state index is 0.0178. The summed E-state index contributed by atoms with van der Waals surface area (Å²) in [5, 5.41) is 58.2. The Bertz CT molecular complexity index is 1540. The van der Waals surface area contributed by atoms with Gasteiger partial charge >= 0.3 is 0 Å². The average Bonchev–Trinajstić information content (AvgIpc) is 3.74. The summed E-state index contributed by atoms with van der Waals surface area (Å²) >= 11 is 0. The van der Waals surface area contributed by atoms with Crippen LogP contribution in [0.15, 0.2) is 41.5 Å². The zero-order valence-electron chi connectivity index (χ0n) is 32.8. The van der Waals surface area contributed by atoms with Crippen LogP contribution in [0.1, 0.15) is 131 Å². The summed E-state index contributed by atoms with van der Waals surface area (Å²) in [5.74, 6) is 0.118. The minimum atomic E-state index is -1.29. The number of imidazole rings is 1. The molecular formula is C43H66N2O6S2. The highest BCUT2D eigenvalue weighted by molar-refractivity contribution is 8.76. The van der Waals surface area contributed by atoms with E-state index in [9.17, 15) is 30.3 Å². The van der Waals surface area contributed by atoms with Crippen molar-refractivity contribution in [1.82, 2.24) is 9.55 Å². The molecule has 6 aliphatic rings. The van der Waals surface area contributed by atoms with Crippen molar-refractivity contribution in [2.24, 2.45) is 45.8 Å². The monoisotopic (exact) mass is 770 g/mol. The SMILES string of the molecule is C[C@@H]1[C@H](O)CC(=C2CCCCC2)C(C)(C)C[C@@H](n2ccnc2)CSS[C@@H](CCCO)[C@H]2C[C@H]1[C@@]1(C)CC[C@H]3C(=CC(=O)[C@@H]4C[C@@H](O)[C@@H](O)C[C@@]43C)[C@]21O. The molecule has 1 aromatic heterocycles. The van der Waals surface area contributed by atoms with Crippen molar-refractivity contribution in [3.8, 4) is 0 Å². The fraction of sp³-hybridized carbons (Fsp3) is 0.814. The van der Waals surface area contributed by atoms with Crippen LogP contribution >= 0.6 is 21.6 Å². The fourth-order valence-electron chi connectivity index (χ4n) is 12.9. The summed E-state index contributed by atoms with van der Waals surface area (Å²) in [6, 6.07) is 0.188. The Morgan fingerprint density at radius 3 is 2.42 bits per heavy atom. The molecule has 5 aliphatic carbocycles. The summed E-state index contributed by atoms with van der Waals surface area (Å²) in [5.41, 5.74) is 1.24. The van der Waals surface area contributed by atoms with Crippen molar-refractivity contribution in [2.75, 3.05) is 12.4 Å². The first-order valence-electron chi connectivity index (χ1n) is 20.8. The lowest BCUT2D eigenvalue weighted by Gasteiger charge is -2.61. The van der Waals surface area contributed by atoms with Gasteiger partial charge in [-0.1, -0.05) is 73.8 Å². The van der Waals surface area contributed by atoms with Crippen molar-refractivity contribution >= 4 is 27.4 Å². The highest BCUT2D eigenvalue weighted by atomic mass is 33.1. The molecule has 1 aliphatic heterocycles. The molecule has 8 nitrogen and oxygen atoms in total. The molecule has 13 atom stereocenters. The molecule has 1 saturated heterocycles. The lowest BCUT2D eigenvalue weighted by atomic mass is 9.45. The summed E-state index contributed by atoms with van der Waals surface area (Å²) in [4.78, 5) is 18.6. The van der Waals surface area contributed by atoms with Crippen LogP contribution in [0.5, 0.6) is 0 Å². The van der Waals surface area contributed by atoms with Gasteiger partial charge in [0.1, 0.15) is 0 Å². The Labute approximate surface area is 325 Å². The predicted molar refractivity (Wildman–Crippen MR) is 213 cm³/mol. The molecule has 0 unspecified atom stereocenters. The number of ketones is 1. The van der Waals surface area contributed by atoms with Gasteiger partial charge in [0, 0.05) is 53.3 Å². The Morgan fingerprint density at radius 2 is 1.72 bits per heavy atom. The molecule has 53 heavy (non-hydrogen) atoms. The number of carbonyl (C=O) groups excluding carboxylic acids is 1. The second-order valence-corrected chi connectivity index (χ2v) is 21.8. The average molecular weight is 771 g/mol. The van der Waals surface area contributed by atoms with Crippen molar-refractivity contribution in [2.45, 2.75) is 160 Å². The van der Waals surface area contributed by atoms with Crippen molar-refractivity contribution in [3.63, 3.8) is 0 Å². The van der Waals surface area contributed by atoms with Gasteiger partial charge in [-0.15, -0.1) is 0 Å². The van der Waals surface area contributed by atoms with E-state index in [0.717, 1.165) is 56.3 Å². The van der Waals surface area contributed by atoms with Gasteiger partial charge in [0.15, 0.2) is 5.78 Å². The largest absolute Gasteiger partial charge is 0.396 e. The third-order valence-electron chi connectivity index (χ3n) is 15.9. The number of aliphatic hydroxyl groups excluding tert-OH is 4. The molecule has 2 heterocycles. The molecule has 4 saturated carbocycles. The summed E-state index contributed by atoms with van der Waals surface area (Å²) < 4.78 is 2.25. The van der Waals surface area contributed by atoms with Gasteiger partial charge in [-0.3, -0.25) is 4.79 Å². The summed E-state index contributed by atoms with van der Waals surface area (Å²) in [6.45, 7) is 11.4. The van der Waals surface area contributed by atoms with Gasteiger partial charge in [-0.05, 0) is 124 Å². The maximum absolute atomic E-state index is 14.2. The molecule has 5 N–H and O–H groups in total. The van der Waals surface area contributed by atoms with Gasteiger partial charge in [-0.25, -0.2) is 4.98 Å². The highest BCUT2D eigenvalue weighted by Gasteiger charge is 2.71. The third-order valence-corrected chi connectivity index (χ3v) is 18.9. The Balaban J connectivity index is 1.34. The number of carbonyl (C=O) groups is 1. The molecule has 0 aromatic carbocycles. The molecular weight excluding hydrogens is 705 g/mol. The Hall–Kier alpha value is -1.14. The van der Waals surface area contributed by atoms with E-state index in [1.807, 2.05) is 34.1 Å². The highest BCUT2D eigenvalue weighted by Crippen LogP contribution is 2.71. The quantitative estimate of drug-likeness (QED) is 0.156. The second kappa shape index (κ2) is 15.3. The maximum atomic E-state index is 14.2. The normalized spacial score (nSPS) is 45.1. The maximum Gasteiger partial charge on any atom is 0.159 e. The molecule has 0 radical (unpaired) electrons. The Kier molecular flexibility index (Phi) is 11.6. The van der Waals surface area contributed by atoms with E-state index in [4.69, 9.17) is 0 Å². The van der Waals surface area contributed by atoms with Crippen LogP contribution in [0, 0.1) is 45.8 Å². The number of hydrogen-bond acceptors (Lipinski definition) is 9.